The Hall–Kier alpha value is -2.78. The van der Waals surface area contributed by atoms with Crippen LogP contribution in [0, 0.1) is 19.7 Å². The lowest BCUT2D eigenvalue weighted by Gasteiger charge is -2.25. The fourth-order valence-corrected chi connectivity index (χ4v) is 4.68. The number of likely N-dealkylation sites (N-methyl/N-ethyl adjacent to an activating group) is 1. The van der Waals surface area contributed by atoms with Crippen molar-refractivity contribution in [2.24, 2.45) is 0 Å². The molecule has 33 heavy (non-hydrogen) atoms. The number of nitrogens with zero attached hydrogens (tertiary/aromatic N) is 1. The van der Waals surface area contributed by atoms with Gasteiger partial charge in [0.05, 0.1) is 16.3 Å². The van der Waals surface area contributed by atoms with Crippen LogP contribution in [0.5, 0.6) is 0 Å². The van der Waals surface area contributed by atoms with E-state index in [1.54, 1.807) is 12.1 Å². The topological polar surface area (TPSA) is 54.0 Å². The van der Waals surface area contributed by atoms with Crippen LogP contribution in [0.2, 0.25) is 0 Å². The number of carbonyl (C=O) groups is 1. The van der Waals surface area contributed by atoms with Gasteiger partial charge in [-0.25, -0.2) is 9.37 Å². The summed E-state index contributed by atoms with van der Waals surface area (Å²) in [5.74, 6) is -0.679. The summed E-state index contributed by atoms with van der Waals surface area (Å²) in [4.78, 5) is 18.1. The summed E-state index contributed by atoms with van der Waals surface area (Å²) in [7, 11) is 1.53. The van der Waals surface area contributed by atoms with Gasteiger partial charge in [-0.15, -0.1) is 11.3 Å². The number of carbonyl (C=O) groups excluding carboxylic acids is 1. The molecule has 3 aromatic rings. The SMILES string of the molecule is CNC(=O)C(N[C@H](CCc1ccc(C(F)(F)F)cc1)c1sc(C)nc1C)c1ccc(F)cc1. The second-order valence-electron chi connectivity index (χ2n) is 7.73. The van der Waals surface area contributed by atoms with Crippen LogP contribution in [0.25, 0.3) is 0 Å². The summed E-state index contributed by atoms with van der Waals surface area (Å²) < 4.78 is 52.0. The van der Waals surface area contributed by atoms with Gasteiger partial charge in [0.1, 0.15) is 11.9 Å². The van der Waals surface area contributed by atoms with Gasteiger partial charge in [-0.3, -0.25) is 10.1 Å². The van der Waals surface area contributed by atoms with Gasteiger partial charge < -0.3 is 5.32 Å². The quantitative estimate of drug-likeness (QED) is 0.410. The molecule has 4 nitrogen and oxygen atoms in total. The van der Waals surface area contributed by atoms with E-state index < -0.39 is 23.6 Å². The number of amides is 1. The van der Waals surface area contributed by atoms with Crippen molar-refractivity contribution < 1.29 is 22.4 Å². The molecule has 0 fully saturated rings. The van der Waals surface area contributed by atoms with E-state index in [4.69, 9.17) is 0 Å². The van der Waals surface area contributed by atoms with Crippen LogP contribution in [0.4, 0.5) is 17.6 Å². The highest BCUT2D eigenvalue weighted by atomic mass is 32.1. The minimum absolute atomic E-state index is 0.278. The Morgan fingerprint density at radius 1 is 1.06 bits per heavy atom. The normalized spacial score (nSPS) is 13.5. The molecule has 1 unspecified atom stereocenters. The van der Waals surface area contributed by atoms with Crippen LogP contribution < -0.4 is 10.6 Å². The molecule has 0 aliphatic heterocycles. The number of hydrogen-bond donors (Lipinski definition) is 2. The molecule has 2 atom stereocenters. The first-order chi connectivity index (χ1) is 15.6. The van der Waals surface area contributed by atoms with Crippen LogP contribution in [-0.4, -0.2) is 17.9 Å². The molecule has 0 aliphatic rings. The first-order valence-corrected chi connectivity index (χ1v) is 11.2. The number of nitrogens with one attached hydrogen (secondary N) is 2. The molecule has 0 aliphatic carbocycles. The molecule has 3 rings (SSSR count). The molecule has 0 bridgehead atoms. The van der Waals surface area contributed by atoms with Crippen molar-refractivity contribution in [1.82, 2.24) is 15.6 Å². The fraction of sp³-hybridized carbons (Fsp3) is 0.333. The van der Waals surface area contributed by atoms with Crippen molar-refractivity contribution in [2.45, 2.75) is 44.9 Å². The third-order valence-corrected chi connectivity index (χ3v) is 6.53. The van der Waals surface area contributed by atoms with Gasteiger partial charge in [-0.1, -0.05) is 24.3 Å². The highest BCUT2D eigenvalue weighted by Crippen LogP contribution is 2.32. The van der Waals surface area contributed by atoms with E-state index in [-0.39, 0.29) is 11.9 Å². The van der Waals surface area contributed by atoms with Gasteiger partial charge in [0.15, 0.2) is 0 Å². The molecule has 2 N–H and O–H groups in total. The maximum Gasteiger partial charge on any atom is 0.416 e. The lowest BCUT2D eigenvalue weighted by molar-refractivity contribution is -0.137. The number of alkyl halides is 3. The van der Waals surface area contributed by atoms with Gasteiger partial charge in [-0.05, 0) is 62.1 Å². The minimum atomic E-state index is -4.38. The number of halogens is 4. The highest BCUT2D eigenvalue weighted by Gasteiger charge is 2.30. The molecule has 2 aromatic carbocycles. The number of thiazole rings is 1. The second-order valence-corrected chi connectivity index (χ2v) is 8.97. The molecule has 176 valence electrons. The largest absolute Gasteiger partial charge is 0.416 e. The zero-order valence-electron chi connectivity index (χ0n) is 18.5. The van der Waals surface area contributed by atoms with E-state index in [1.165, 1.54) is 42.6 Å². The van der Waals surface area contributed by atoms with Crippen LogP contribution in [0.15, 0.2) is 48.5 Å². The highest BCUT2D eigenvalue weighted by molar-refractivity contribution is 7.11. The van der Waals surface area contributed by atoms with E-state index >= 15 is 0 Å². The number of aryl methyl sites for hydroxylation is 3. The van der Waals surface area contributed by atoms with E-state index in [0.29, 0.717) is 18.4 Å². The third kappa shape index (κ3) is 6.39. The van der Waals surface area contributed by atoms with Gasteiger partial charge in [0.25, 0.3) is 0 Å². The molecule has 9 heteroatoms. The Kier molecular flexibility index (Phi) is 7.86. The maximum atomic E-state index is 13.4. The zero-order valence-corrected chi connectivity index (χ0v) is 19.3. The van der Waals surface area contributed by atoms with Gasteiger partial charge in [0.2, 0.25) is 5.91 Å². The third-order valence-electron chi connectivity index (χ3n) is 5.34. The predicted octanol–water partition coefficient (Wildman–Crippen LogP) is 5.67. The van der Waals surface area contributed by atoms with E-state index in [2.05, 4.69) is 15.6 Å². The van der Waals surface area contributed by atoms with E-state index in [1.807, 2.05) is 13.8 Å². The standard InChI is InChI=1S/C24H25F4N3OS/c1-14-22(33-15(2)30-14)20(13-6-16-4-9-18(10-5-16)24(26,27)28)31-21(23(32)29-3)17-7-11-19(25)12-8-17/h4-5,7-12,20-21,31H,6,13H2,1-3H3,(H,29,32)/t20-,21?/m1/s1. The van der Waals surface area contributed by atoms with Crippen LogP contribution in [0.3, 0.4) is 0 Å². The van der Waals surface area contributed by atoms with Crippen molar-refractivity contribution >= 4 is 17.2 Å². The average molecular weight is 480 g/mol. The number of hydrogen-bond acceptors (Lipinski definition) is 4. The molecule has 0 spiro atoms. The summed E-state index contributed by atoms with van der Waals surface area (Å²) in [5, 5.41) is 6.88. The Morgan fingerprint density at radius 3 is 2.21 bits per heavy atom. The number of rotatable bonds is 8. The fourth-order valence-electron chi connectivity index (χ4n) is 3.66. The number of benzene rings is 2. The summed E-state index contributed by atoms with van der Waals surface area (Å²) in [5.41, 5.74) is 1.50. The van der Waals surface area contributed by atoms with Crippen LogP contribution in [-0.2, 0) is 17.4 Å². The zero-order chi connectivity index (χ0) is 24.2. The van der Waals surface area contributed by atoms with Crippen molar-refractivity contribution in [1.29, 1.82) is 0 Å². The predicted molar refractivity (Wildman–Crippen MR) is 120 cm³/mol. The van der Waals surface area contributed by atoms with Gasteiger partial charge in [-0.2, -0.15) is 13.2 Å². The Bertz CT molecular complexity index is 1080. The monoisotopic (exact) mass is 479 g/mol. The van der Waals surface area contributed by atoms with Crippen molar-refractivity contribution in [3.8, 4) is 0 Å². The minimum Gasteiger partial charge on any atom is -0.358 e. The summed E-state index contributed by atoms with van der Waals surface area (Å²) >= 11 is 1.51. The molecule has 1 amide bonds. The van der Waals surface area contributed by atoms with Crippen molar-refractivity contribution in [2.75, 3.05) is 7.05 Å². The Balaban J connectivity index is 1.86. The Morgan fingerprint density at radius 2 is 1.70 bits per heavy atom. The first kappa shape index (κ1) is 24.9. The molecular weight excluding hydrogens is 454 g/mol. The first-order valence-electron chi connectivity index (χ1n) is 10.4. The van der Waals surface area contributed by atoms with E-state index in [9.17, 15) is 22.4 Å². The van der Waals surface area contributed by atoms with Crippen molar-refractivity contribution in [3.05, 3.63) is 86.6 Å². The lowest BCUT2D eigenvalue weighted by Crippen LogP contribution is -2.38. The lowest BCUT2D eigenvalue weighted by atomic mass is 9.99. The van der Waals surface area contributed by atoms with Crippen molar-refractivity contribution in [3.63, 3.8) is 0 Å². The second kappa shape index (κ2) is 10.4. The number of aromatic nitrogens is 1. The smallest absolute Gasteiger partial charge is 0.358 e. The summed E-state index contributed by atoms with van der Waals surface area (Å²) in [6.07, 6.45) is -3.35. The molecule has 0 saturated heterocycles. The summed E-state index contributed by atoms with van der Waals surface area (Å²) in [6, 6.07) is 9.78. The van der Waals surface area contributed by atoms with Gasteiger partial charge >= 0.3 is 6.18 Å². The Labute approximate surface area is 194 Å². The molecule has 0 radical (unpaired) electrons. The molecule has 1 aromatic heterocycles. The van der Waals surface area contributed by atoms with Crippen LogP contribution >= 0.6 is 11.3 Å². The van der Waals surface area contributed by atoms with E-state index in [0.717, 1.165) is 33.3 Å². The maximum absolute atomic E-state index is 13.4. The molecule has 1 heterocycles. The summed E-state index contributed by atoms with van der Waals surface area (Å²) in [6.45, 7) is 3.78. The average Bonchev–Trinajstić information content (AvgIpc) is 3.11. The van der Waals surface area contributed by atoms with Crippen LogP contribution in [0.1, 0.15) is 50.8 Å². The molecule has 0 saturated carbocycles. The van der Waals surface area contributed by atoms with Gasteiger partial charge in [0, 0.05) is 18.0 Å². The molecular formula is C24H25F4N3OS.